The van der Waals surface area contributed by atoms with Crippen molar-refractivity contribution in [3.8, 4) is 16.9 Å². The number of rotatable bonds is 6. The van der Waals surface area contributed by atoms with Crippen molar-refractivity contribution in [2.75, 3.05) is 5.32 Å². The van der Waals surface area contributed by atoms with Crippen LogP contribution in [0.15, 0.2) is 66.7 Å². The van der Waals surface area contributed by atoms with Gasteiger partial charge in [0.05, 0.1) is 10.2 Å². The summed E-state index contributed by atoms with van der Waals surface area (Å²) in [5.74, 6) is 0.148. The molecule has 4 aromatic rings. The number of benzene rings is 3. The van der Waals surface area contributed by atoms with Gasteiger partial charge < -0.3 is 10.1 Å². The SMILES string of the molecule is O=C(c1ccc(-c2ccc(Nc3nc4ccc(OC(F)(F)F)cc4s3)cc2)cc1)C1CCCC1. The van der Waals surface area contributed by atoms with Crippen molar-refractivity contribution in [3.63, 3.8) is 0 Å². The van der Waals surface area contributed by atoms with E-state index in [2.05, 4.69) is 15.0 Å². The van der Waals surface area contributed by atoms with E-state index in [-0.39, 0.29) is 17.5 Å². The maximum absolute atomic E-state index is 12.6. The van der Waals surface area contributed by atoms with Crippen molar-refractivity contribution >= 4 is 38.2 Å². The second kappa shape index (κ2) is 9.10. The second-order valence-electron chi connectivity index (χ2n) is 8.32. The molecule has 0 saturated heterocycles. The van der Waals surface area contributed by atoms with Crippen LogP contribution in [0.25, 0.3) is 21.3 Å². The van der Waals surface area contributed by atoms with E-state index in [1.165, 1.54) is 29.5 Å². The first-order chi connectivity index (χ1) is 16.3. The zero-order chi connectivity index (χ0) is 23.7. The van der Waals surface area contributed by atoms with E-state index in [0.717, 1.165) is 48.1 Å². The molecule has 1 fully saturated rings. The number of halogens is 3. The number of fused-ring (bicyclic) bond motifs is 1. The number of nitrogens with one attached hydrogen (secondary N) is 1. The van der Waals surface area contributed by atoms with Gasteiger partial charge in [0.1, 0.15) is 5.75 Å². The van der Waals surface area contributed by atoms with Crippen LogP contribution < -0.4 is 10.1 Å². The zero-order valence-corrected chi connectivity index (χ0v) is 18.9. The topological polar surface area (TPSA) is 51.2 Å². The van der Waals surface area contributed by atoms with Gasteiger partial charge in [-0.2, -0.15) is 0 Å². The first-order valence-electron chi connectivity index (χ1n) is 11.0. The predicted octanol–water partition coefficient (Wildman–Crippen LogP) is 7.98. The van der Waals surface area contributed by atoms with Crippen LogP contribution in [-0.4, -0.2) is 17.1 Å². The number of thiazole rings is 1. The van der Waals surface area contributed by atoms with E-state index < -0.39 is 6.36 Å². The molecule has 3 aromatic carbocycles. The van der Waals surface area contributed by atoms with Crippen molar-refractivity contribution in [2.45, 2.75) is 32.0 Å². The maximum atomic E-state index is 12.6. The Morgan fingerprint density at radius 3 is 2.24 bits per heavy atom. The van der Waals surface area contributed by atoms with Gasteiger partial charge in [-0.3, -0.25) is 4.79 Å². The van der Waals surface area contributed by atoms with Crippen LogP contribution in [0, 0.1) is 5.92 Å². The van der Waals surface area contributed by atoms with Crippen LogP contribution in [0.3, 0.4) is 0 Å². The highest BCUT2D eigenvalue weighted by Gasteiger charge is 2.31. The summed E-state index contributed by atoms with van der Waals surface area (Å²) in [6.07, 6.45) is -0.468. The monoisotopic (exact) mass is 482 g/mol. The molecule has 1 heterocycles. The molecule has 174 valence electrons. The summed E-state index contributed by atoms with van der Waals surface area (Å²) in [5.41, 5.74) is 4.21. The number of anilines is 2. The summed E-state index contributed by atoms with van der Waals surface area (Å²) in [4.78, 5) is 17.0. The van der Waals surface area contributed by atoms with Gasteiger partial charge >= 0.3 is 6.36 Å². The number of nitrogens with zero attached hydrogens (tertiary/aromatic N) is 1. The molecule has 1 saturated carbocycles. The van der Waals surface area contributed by atoms with Crippen LogP contribution in [0.5, 0.6) is 5.75 Å². The number of aromatic nitrogens is 1. The summed E-state index contributed by atoms with van der Waals surface area (Å²) in [6.45, 7) is 0. The van der Waals surface area contributed by atoms with Gasteiger partial charge in [0.15, 0.2) is 10.9 Å². The molecule has 0 bridgehead atoms. The Morgan fingerprint density at radius 1 is 0.941 bits per heavy atom. The lowest BCUT2D eigenvalue weighted by atomic mass is 9.94. The number of carbonyl (C=O) groups excluding carboxylic acids is 1. The molecule has 0 atom stereocenters. The van der Waals surface area contributed by atoms with E-state index in [0.29, 0.717) is 15.3 Å². The fourth-order valence-electron chi connectivity index (χ4n) is 4.28. The highest BCUT2D eigenvalue weighted by molar-refractivity contribution is 7.22. The van der Waals surface area contributed by atoms with Crippen LogP contribution in [0.4, 0.5) is 24.0 Å². The van der Waals surface area contributed by atoms with E-state index in [4.69, 9.17) is 0 Å². The zero-order valence-electron chi connectivity index (χ0n) is 18.1. The van der Waals surface area contributed by atoms with Crippen molar-refractivity contribution < 1.29 is 22.7 Å². The summed E-state index contributed by atoms with van der Waals surface area (Å²) in [5, 5.41) is 3.77. The second-order valence-corrected chi connectivity index (χ2v) is 9.35. The molecule has 0 aliphatic heterocycles. The predicted molar refractivity (Wildman–Crippen MR) is 128 cm³/mol. The Hall–Kier alpha value is -3.39. The molecular formula is C26H21F3N2O2S. The first kappa shape index (κ1) is 22.4. The third-order valence-electron chi connectivity index (χ3n) is 5.96. The summed E-state index contributed by atoms with van der Waals surface area (Å²) in [6, 6.07) is 19.6. The highest BCUT2D eigenvalue weighted by atomic mass is 32.1. The molecule has 0 spiro atoms. The van der Waals surface area contributed by atoms with Gasteiger partial charge in [-0.25, -0.2) is 4.98 Å². The Bertz CT molecular complexity index is 1310. The summed E-state index contributed by atoms with van der Waals surface area (Å²) >= 11 is 1.25. The van der Waals surface area contributed by atoms with Crippen molar-refractivity contribution in [1.29, 1.82) is 0 Å². The van der Waals surface area contributed by atoms with Crippen molar-refractivity contribution in [2.24, 2.45) is 5.92 Å². The molecule has 8 heteroatoms. The van der Waals surface area contributed by atoms with Gasteiger partial charge in [0.25, 0.3) is 0 Å². The smallest absolute Gasteiger partial charge is 0.406 e. The third kappa shape index (κ3) is 5.07. The quantitative estimate of drug-likeness (QED) is 0.283. The molecule has 1 aliphatic carbocycles. The average Bonchev–Trinajstić information content (AvgIpc) is 3.48. The Kier molecular flexibility index (Phi) is 6.00. The molecule has 0 amide bonds. The number of ether oxygens (including phenoxy) is 1. The minimum absolute atomic E-state index is 0.169. The lowest BCUT2D eigenvalue weighted by Gasteiger charge is -2.09. The molecule has 1 aromatic heterocycles. The van der Waals surface area contributed by atoms with Gasteiger partial charge in [-0.1, -0.05) is 60.6 Å². The summed E-state index contributed by atoms with van der Waals surface area (Å²) < 4.78 is 41.9. The number of hydrogen-bond acceptors (Lipinski definition) is 5. The molecule has 1 N–H and O–H groups in total. The third-order valence-corrected chi connectivity index (χ3v) is 6.89. The fraction of sp³-hybridized carbons (Fsp3) is 0.231. The van der Waals surface area contributed by atoms with E-state index >= 15 is 0 Å². The number of Topliss-reactive ketones (excluding diaryl/α,β-unsaturated/α-hetero) is 1. The standard InChI is InChI=1S/C26H21F3N2O2S/c27-26(28,29)33-21-13-14-22-23(15-21)34-25(31-22)30-20-11-9-17(10-12-20)16-5-7-19(8-6-16)24(32)18-3-1-2-4-18/h5-15,18H,1-4H2,(H,30,31). The fourth-order valence-corrected chi connectivity index (χ4v) is 5.19. The lowest BCUT2D eigenvalue weighted by Crippen LogP contribution is -2.16. The van der Waals surface area contributed by atoms with Crippen LogP contribution in [-0.2, 0) is 0 Å². The van der Waals surface area contributed by atoms with Gasteiger partial charge in [-0.05, 0) is 48.2 Å². The van der Waals surface area contributed by atoms with Gasteiger partial charge in [0.2, 0.25) is 0 Å². The summed E-state index contributed by atoms with van der Waals surface area (Å²) in [7, 11) is 0. The molecule has 0 radical (unpaired) electrons. The van der Waals surface area contributed by atoms with Gasteiger partial charge in [0, 0.05) is 23.2 Å². The Morgan fingerprint density at radius 2 is 1.59 bits per heavy atom. The molecule has 4 nitrogen and oxygen atoms in total. The van der Waals surface area contributed by atoms with Crippen LogP contribution in [0.1, 0.15) is 36.0 Å². The molecule has 5 rings (SSSR count). The van der Waals surface area contributed by atoms with Gasteiger partial charge in [-0.15, -0.1) is 13.2 Å². The van der Waals surface area contributed by atoms with E-state index in [9.17, 15) is 18.0 Å². The minimum Gasteiger partial charge on any atom is -0.406 e. The highest BCUT2D eigenvalue weighted by Crippen LogP contribution is 2.33. The number of ketones is 1. The maximum Gasteiger partial charge on any atom is 0.573 e. The number of carbonyl (C=O) groups is 1. The normalized spacial score (nSPS) is 14.4. The van der Waals surface area contributed by atoms with E-state index in [1.807, 2.05) is 48.5 Å². The van der Waals surface area contributed by atoms with Crippen molar-refractivity contribution in [3.05, 3.63) is 72.3 Å². The lowest BCUT2D eigenvalue weighted by molar-refractivity contribution is -0.274. The van der Waals surface area contributed by atoms with Crippen LogP contribution >= 0.6 is 11.3 Å². The minimum atomic E-state index is -4.73. The van der Waals surface area contributed by atoms with Crippen LogP contribution in [0.2, 0.25) is 0 Å². The Balaban J connectivity index is 1.27. The van der Waals surface area contributed by atoms with E-state index in [1.54, 1.807) is 0 Å². The Labute approximate surface area is 198 Å². The first-order valence-corrected chi connectivity index (χ1v) is 11.8. The largest absolute Gasteiger partial charge is 0.573 e. The average molecular weight is 483 g/mol. The number of alkyl halides is 3. The van der Waals surface area contributed by atoms with Crippen molar-refractivity contribution in [1.82, 2.24) is 4.98 Å². The number of hydrogen-bond donors (Lipinski definition) is 1. The molecule has 1 aliphatic rings. The molecule has 34 heavy (non-hydrogen) atoms. The molecular weight excluding hydrogens is 461 g/mol. The molecule has 0 unspecified atom stereocenters.